The van der Waals surface area contributed by atoms with E-state index in [1.807, 2.05) is 5.32 Å². The van der Waals surface area contributed by atoms with E-state index in [4.69, 9.17) is 5.11 Å². The van der Waals surface area contributed by atoms with Crippen LogP contribution >= 0.6 is 0 Å². The molecule has 2 N–H and O–H groups in total. The van der Waals surface area contributed by atoms with E-state index < -0.39 is 33.8 Å². The number of carbonyl (C=O) groups is 2. The van der Waals surface area contributed by atoms with E-state index >= 15 is 0 Å². The molecule has 0 aromatic heterocycles. The molecule has 0 rings (SSSR count). The van der Waals surface area contributed by atoms with E-state index in [1.165, 1.54) is 6.92 Å². The van der Waals surface area contributed by atoms with Gasteiger partial charge in [-0.05, 0) is 6.92 Å². The summed E-state index contributed by atoms with van der Waals surface area (Å²) in [4.78, 5) is 21.5. The predicted molar refractivity (Wildman–Crippen MR) is 48.9 cm³/mol. The molecule has 0 aliphatic rings. The summed E-state index contributed by atoms with van der Waals surface area (Å²) in [5.74, 6) is -3.60. The summed E-state index contributed by atoms with van der Waals surface area (Å²) in [6, 6.07) is -1.75. The molecule has 0 heterocycles. The Morgan fingerprint density at radius 3 is 2.27 bits per heavy atom. The standard InChI is InChI=1S/C7H11NO6S/c1-4(2)6(9)8-5(7(10)11)3-15(12,13)14/h5H,1,3H2,2H3,(H,8,9)(H,10,11)(H,12,13,14)/p-1. The number of hydrogen-bond donors (Lipinski definition) is 2. The molecule has 1 amide bonds. The summed E-state index contributed by atoms with van der Waals surface area (Å²) < 4.78 is 30.9. The van der Waals surface area contributed by atoms with Crippen LogP contribution in [-0.4, -0.2) is 41.7 Å². The molecular weight excluding hydrogens is 226 g/mol. The van der Waals surface area contributed by atoms with Crippen molar-refractivity contribution in [2.75, 3.05) is 5.75 Å². The van der Waals surface area contributed by atoms with Gasteiger partial charge in [0, 0.05) is 5.57 Å². The fraction of sp³-hybridized carbons (Fsp3) is 0.429. The van der Waals surface area contributed by atoms with E-state index in [9.17, 15) is 22.6 Å². The molecule has 0 saturated heterocycles. The van der Waals surface area contributed by atoms with Crippen molar-refractivity contribution in [3.8, 4) is 0 Å². The number of amides is 1. The van der Waals surface area contributed by atoms with Crippen LogP contribution in [0.1, 0.15) is 6.92 Å². The normalized spacial score (nSPS) is 12.9. The zero-order valence-corrected chi connectivity index (χ0v) is 8.70. The molecule has 0 aliphatic heterocycles. The minimum Gasteiger partial charge on any atom is -0.748 e. The molecule has 0 saturated carbocycles. The summed E-state index contributed by atoms with van der Waals surface area (Å²) in [5, 5.41) is 10.4. The summed E-state index contributed by atoms with van der Waals surface area (Å²) in [7, 11) is -4.71. The van der Waals surface area contributed by atoms with Gasteiger partial charge in [0.05, 0.1) is 15.9 Å². The maximum Gasteiger partial charge on any atom is 0.327 e. The molecule has 0 bridgehead atoms. The van der Waals surface area contributed by atoms with Gasteiger partial charge in [-0.1, -0.05) is 6.58 Å². The Bertz CT molecular complexity index is 384. The Hall–Kier alpha value is -1.41. The monoisotopic (exact) mass is 236 g/mol. The second kappa shape index (κ2) is 4.89. The third kappa shape index (κ3) is 5.81. The minimum absolute atomic E-state index is 0.0181. The van der Waals surface area contributed by atoms with Gasteiger partial charge in [0.2, 0.25) is 5.91 Å². The van der Waals surface area contributed by atoms with E-state index in [0.717, 1.165) is 0 Å². The van der Waals surface area contributed by atoms with Crippen LogP contribution < -0.4 is 5.32 Å². The zero-order chi connectivity index (χ0) is 12.2. The van der Waals surface area contributed by atoms with Gasteiger partial charge in [-0.25, -0.2) is 13.2 Å². The van der Waals surface area contributed by atoms with Crippen LogP contribution in [0.3, 0.4) is 0 Å². The van der Waals surface area contributed by atoms with E-state index in [2.05, 4.69) is 6.58 Å². The topological polar surface area (TPSA) is 124 Å². The molecule has 0 radical (unpaired) electrons. The largest absolute Gasteiger partial charge is 0.748 e. The smallest absolute Gasteiger partial charge is 0.327 e. The Morgan fingerprint density at radius 1 is 1.53 bits per heavy atom. The van der Waals surface area contributed by atoms with Crippen molar-refractivity contribution in [3.05, 3.63) is 12.2 Å². The lowest BCUT2D eigenvalue weighted by molar-refractivity contribution is -0.140. The molecule has 0 spiro atoms. The summed E-state index contributed by atoms with van der Waals surface area (Å²) >= 11 is 0. The van der Waals surface area contributed by atoms with Gasteiger partial charge < -0.3 is 15.0 Å². The van der Waals surface area contributed by atoms with Gasteiger partial charge in [-0.2, -0.15) is 0 Å². The predicted octanol–water partition coefficient (Wildman–Crippen LogP) is -1.32. The lowest BCUT2D eigenvalue weighted by Gasteiger charge is -2.16. The Labute approximate surface area is 86.5 Å². The summed E-state index contributed by atoms with van der Waals surface area (Å²) in [6.07, 6.45) is 0. The Morgan fingerprint density at radius 2 is 2.00 bits per heavy atom. The quantitative estimate of drug-likeness (QED) is 0.450. The first-order valence-electron chi connectivity index (χ1n) is 3.76. The van der Waals surface area contributed by atoms with Gasteiger partial charge in [0.15, 0.2) is 0 Å². The van der Waals surface area contributed by atoms with Crippen molar-refractivity contribution in [1.29, 1.82) is 0 Å². The summed E-state index contributed by atoms with van der Waals surface area (Å²) in [5.41, 5.74) is 0.0181. The van der Waals surface area contributed by atoms with E-state index in [0.29, 0.717) is 0 Å². The highest BCUT2D eigenvalue weighted by atomic mass is 32.2. The Balaban J connectivity index is 4.64. The van der Waals surface area contributed by atoms with Gasteiger partial charge in [0.1, 0.15) is 6.04 Å². The number of carboxylic acids is 1. The molecular formula is C7H10NO6S-. The van der Waals surface area contributed by atoms with Crippen LogP contribution in [-0.2, 0) is 19.7 Å². The van der Waals surface area contributed by atoms with Crippen LogP contribution in [0.5, 0.6) is 0 Å². The third-order valence-electron chi connectivity index (χ3n) is 1.36. The number of aliphatic carboxylic acids is 1. The van der Waals surface area contributed by atoms with Crippen LogP contribution in [0.2, 0.25) is 0 Å². The van der Waals surface area contributed by atoms with E-state index in [-0.39, 0.29) is 5.57 Å². The highest BCUT2D eigenvalue weighted by Crippen LogP contribution is 1.94. The molecule has 15 heavy (non-hydrogen) atoms. The molecule has 1 atom stereocenters. The molecule has 0 aliphatic carbocycles. The van der Waals surface area contributed by atoms with Crippen molar-refractivity contribution in [2.45, 2.75) is 13.0 Å². The third-order valence-corrected chi connectivity index (χ3v) is 2.10. The number of carbonyl (C=O) groups excluding carboxylic acids is 1. The van der Waals surface area contributed by atoms with Crippen LogP contribution in [0.15, 0.2) is 12.2 Å². The molecule has 7 nitrogen and oxygen atoms in total. The second-order valence-corrected chi connectivity index (χ2v) is 4.32. The van der Waals surface area contributed by atoms with Crippen LogP contribution in [0.4, 0.5) is 0 Å². The van der Waals surface area contributed by atoms with Crippen molar-refractivity contribution < 1.29 is 27.7 Å². The van der Waals surface area contributed by atoms with Gasteiger partial charge in [0.25, 0.3) is 0 Å². The molecule has 0 fully saturated rings. The average Bonchev–Trinajstić information content (AvgIpc) is 1.99. The van der Waals surface area contributed by atoms with E-state index in [1.54, 1.807) is 0 Å². The fourth-order valence-electron chi connectivity index (χ4n) is 0.660. The molecule has 0 aromatic carbocycles. The number of rotatable bonds is 5. The lowest BCUT2D eigenvalue weighted by Crippen LogP contribution is -2.45. The summed E-state index contributed by atoms with van der Waals surface area (Å²) in [6.45, 7) is 4.55. The average molecular weight is 236 g/mol. The van der Waals surface area contributed by atoms with Crippen molar-refractivity contribution in [3.63, 3.8) is 0 Å². The molecule has 1 unspecified atom stereocenters. The maximum atomic E-state index is 11.0. The number of hydrogen-bond acceptors (Lipinski definition) is 5. The van der Waals surface area contributed by atoms with Gasteiger partial charge >= 0.3 is 5.97 Å². The fourth-order valence-corrected chi connectivity index (χ4v) is 1.29. The van der Waals surface area contributed by atoms with Crippen molar-refractivity contribution in [1.82, 2.24) is 5.32 Å². The molecule has 86 valence electrons. The van der Waals surface area contributed by atoms with Crippen molar-refractivity contribution in [2.24, 2.45) is 0 Å². The number of carboxylic acid groups (broad SMARTS) is 1. The first-order valence-corrected chi connectivity index (χ1v) is 5.34. The van der Waals surface area contributed by atoms with Crippen LogP contribution in [0.25, 0.3) is 0 Å². The van der Waals surface area contributed by atoms with Gasteiger partial charge in [-0.15, -0.1) is 0 Å². The number of nitrogens with one attached hydrogen (secondary N) is 1. The second-order valence-electron chi connectivity index (χ2n) is 2.87. The van der Waals surface area contributed by atoms with Crippen molar-refractivity contribution >= 4 is 22.0 Å². The maximum absolute atomic E-state index is 11.0. The first-order chi connectivity index (χ1) is 6.63. The SMILES string of the molecule is C=C(C)C(=O)NC(CS(=O)(=O)[O-])C(=O)O. The molecule has 8 heteroatoms. The minimum atomic E-state index is -4.71. The highest BCUT2D eigenvalue weighted by Gasteiger charge is 2.22. The molecule has 0 aromatic rings. The van der Waals surface area contributed by atoms with Gasteiger partial charge in [-0.3, -0.25) is 4.79 Å². The first kappa shape index (κ1) is 13.6. The lowest BCUT2D eigenvalue weighted by atomic mass is 10.3. The zero-order valence-electron chi connectivity index (χ0n) is 7.89. The van der Waals surface area contributed by atoms with Crippen LogP contribution in [0, 0.1) is 0 Å². The highest BCUT2D eigenvalue weighted by molar-refractivity contribution is 7.85. The Kier molecular flexibility index (Phi) is 4.43.